The van der Waals surface area contributed by atoms with Gasteiger partial charge in [-0.15, -0.1) is 0 Å². The quantitative estimate of drug-likeness (QED) is 0.107. The normalized spacial score (nSPS) is 50.2. The summed E-state index contributed by atoms with van der Waals surface area (Å²) in [6.07, 6.45) is 4.66. The van der Waals surface area contributed by atoms with Gasteiger partial charge in [0.05, 0.1) is 66.6 Å². The van der Waals surface area contributed by atoms with E-state index in [1.807, 2.05) is 34.6 Å². The SMILES string of the molecule is C/C=C(\C)C(=O)OC1CC2C(CC=C3CC(O[C@@H]4CC(C)[C@@H](O[C@H]5CC(OC)[C@H](O[C@@H]6OC(C)[C@@H](OC7C[C@H](O)C(C)O7)CC6O)C(C)O5)C(OC)C4)CCC32C)C2(O)CCC(C(C)=O)C12C. The van der Waals surface area contributed by atoms with Crippen molar-refractivity contribution >= 4 is 11.8 Å². The third kappa shape index (κ3) is 9.66. The number of hydrogen-bond donors (Lipinski definition) is 3. The maximum atomic E-state index is 13.3. The summed E-state index contributed by atoms with van der Waals surface area (Å²) in [5.74, 6) is -0.523. The van der Waals surface area contributed by atoms with Gasteiger partial charge in [0.1, 0.15) is 24.1 Å². The highest BCUT2D eigenvalue weighted by molar-refractivity contribution is 5.88. The van der Waals surface area contributed by atoms with E-state index < -0.39 is 66.5 Å². The first-order chi connectivity index (χ1) is 31.7. The van der Waals surface area contributed by atoms with Crippen LogP contribution in [0.4, 0.5) is 0 Å². The van der Waals surface area contributed by atoms with Gasteiger partial charge in [0, 0.05) is 56.8 Å². The molecule has 3 heterocycles. The molecule has 0 radical (unpaired) electrons. The smallest absolute Gasteiger partial charge is 0.333 e. The van der Waals surface area contributed by atoms with E-state index >= 15 is 0 Å². The summed E-state index contributed by atoms with van der Waals surface area (Å²) in [5, 5.41) is 34.1. The Balaban J connectivity index is 0.861. The van der Waals surface area contributed by atoms with Gasteiger partial charge in [-0.25, -0.2) is 4.79 Å². The Morgan fingerprint density at radius 2 is 1.43 bits per heavy atom. The molecule has 7 fully saturated rings. The van der Waals surface area contributed by atoms with Crippen molar-refractivity contribution < 1.29 is 72.3 Å². The summed E-state index contributed by atoms with van der Waals surface area (Å²) in [6.45, 7) is 17.3. The fourth-order valence-corrected chi connectivity index (χ4v) is 14.2. The zero-order chi connectivity index (χ0) is 48.3. The van der Waals surface area contributed by atoms with E-state index in [1.54, 1.807) is 34.1 Å². The number of aliphatic hydroxyl groups is 3. The van der Waals surface area contributed by atoms with E-state index in [1.165, 1.54) is 5.57 Å². The van der Waals surface area contributed by atoms with Gasteiger partial charge in [0.25, 0.3) is 0 Å². The van der Waals surface area contributed by atoms with Crippen molar-refractivity contribution in [2.75, 3.05) is 14.2 Å². The molecule has 15 heteroatoms. The number of esters is 1. The van der Waals surface area contributed by atoms with Crippen LogP contribution in [0.25, 0.3) is 0 Å². The minimum atomic E-state index is -1.13. The molecule has 380 valence electrons. The number of carbonyl (C=O) groups excluding carboxylic acids is 2. The van der Waals surface area contributed by atoms with E-state index in [4.69, 9.17) is 47.4 Å². The van der Waals surface area contributed by atoms with Gasteiger partial charge < -0.3 is 62.7 Å². The van der Waals surface area contributed by atoms with Gasteiger partial charge in [-0.3, -0.25) is 4.79 Å². The number of aliphatic hydroxyl groups excluding tert-OH is 2. The molecular formula is C52H82O15. The standard InChI is InChI=1S/C52H82O15/c1-12-26(2)48(56)65-43-22-37-36(52(57)18-16-35(28(4)53)51(43,52)9)14-13-32-20-33(15-17-50(32,37)8)63-34-19-27(3)46(41(21-34)58-10)66-45-25-42(59-11)47(31(7)61-45)67-49-39(55)23-40(30(6)62-49)64-44-24-38(54)29(5)60-44/h12-13,27,29-31,33-47,49,54-55,57H,14-25H2,1-11H3/b26-12+/t27?,29?,30?,31?,33?,34-,35?,36?,37?,38+,39?,40+,41?,42?,43?,44?,45+,46-,47-,49+,50?,51?,52?/m1/s1. The maximum absolute atomic E-state index is 13.3. The lowest BCUT2D eigenvalue weighted by Gasteiger charge is -2.63. The zero-order valence-corrected chi connectivity index (χ0v) is 41.9. The van der Waals surface area contributed by atoms with Crippen LogP contribution >= 0.6 is 0 Å². The second kappa shape index (κ2) is 20.3. The number of ketones is 1. The Labute approximate surface area is 398 Å². The van der Waals surface area contributed by atoms with Gasteiger partial charge in [-0.1, -0.05) is 38.5 Å². The van der Waals surface area contributed by atoms with Crippen LogP contribution < -0.4 is 0 Å². The van der Waals surface area contributed by atoms with Crippen molar-refractivity contribution in [3.05, 3.63) is 23.3 Å². The largest absolute Gasteiger partial charge is 0.458 e. The van der Waals surface area contributed by atoms with Crippen molar-refractivity contribution in [3.8, 4) is 0 Å². The van der Waals surface area contributed by atoms with Crippen molar-refractivity contribution in [3.63, 3.8) is 0 Å². The Kier molecular flexibility index (Phi) is 15.6. The number of methoxy groups -OCH3 is 2. The monoisotopic (exact) mass is 947 g/mol. The number of allylic oxidation sites excluding steroid dienone is 2. The molecule has 8 rings (SSSR count). The molecule has 0 spiro atoms. The van der Waals surface area contributed by atoms with Crippen LogP contribution in [-0.2, 0) is 57.0 Å². The van der Waals surface area contributed by atoms with Gasteiger partial charge in [-0.05, 0) is 116 Å². The number of hydrogen-bond acceptors (Lipinski definition) is 15. The minimum absolute atomic E-state index is 0.0197. The van der Waals surface area contributed by atoms with Crippen LogP contribution in [-0.4, -0.2) is 145 Å². The number of Topliss-reactive ketones (excluding diaryl/α,β-unsaturated/α-hetero) is 1. The molecule has 3 N–H and O–H groups in total. The van der Waals surface area contributed by atoms with E-state index in [2.05, 4.69) is 19.9 Å². The van der Waals surface area contributed by atoms with E-state index in [0.717, 1.165) is 32.1 Å². The second-order valence-corrected chi connectivity index (χ2v) is 22.2. The van der Waals surface area contributed by atoms with Gasteiger partial charge >= 0.3 is 5.97 Å². The van der Waals surface area contributed by atoms with Crippen molar-refractivity contribution in [1.82, 2.24) is 0 Å². The average molecular weight is 947 g/mol. The topological polar surface area (TPSA) is 187 Å². The van der Waals surface area contributed by atoms with E-state index in [-0.39, 0.29) is 90.0 Å². The number of carbonyl (C=O) groups is 2. The lowest BCUT2D eigenvalue weighted by molar-refractivity contribution is -0.338. The second-order valence-electron chi connectivity index (χ2n) is 22.2. The van der Waals surface area contributed by atoms with E-state index in [9.17, 15) is 24.9 Å². The first kappa shape index (κ1) is 51.5. The zero-order valence-electron chi connectivity index (χ0n) is 41.9. The fourth-order valence-electron chi connectivity index (χ4n) is 14.2. The van der Waals surface area contributed by atoms with E-state index in [0.29, 0.717) is 44.1 Å². The maximum Gasteiger partial charge on any atom is 0.333 e. The molecule has 8 aliphatic rings. The highest BCUT2D eigenvalue weighted by atomic mass is 16.7. The van der Waals surface area contributed by atoms with Crippen LogP contribution in [0, 0.1) is 34.5 Å². The number of fused-ring (bicyclic) bond motifs is 5. The molecule has 4 saturated carbocycles. The molecule has 0 aromatic rings. The molecular weight excluding hydrogens is 865 g/mol. The third-order valence-electron chi connectivity index (χ3n) is 18.4. The molecule has 0 bridgehead atoms. The predicted molar refractivity (Wildman–Crippen MR) is 244 cm³/mol. The summed E-state index contributed by atoms with van der Waals surface area (Å²) in [4.78, 5) is 26.5. The highest BCUT2D eigenvalue weighted by Gasteiger charge is 2.71. The summed E-state index contributed by atoms with van der Waals surface area (Å²) in [7, 11) is 3.37. The Morgan fingerprint density at radius 3 is 2.10 bits per heavy atom. The fraction of sp³-hybridized carbons (Fsp3) is 0.885. The molecule has 67 heavy (non-hydrogen) atoms. The highest BCUT2D eigenvalue weighted by Crippen LogP contribution is 2.68. The molecule has 16 unspecified atom stereocenters. The first-order valence-corrected chi connectivity index (χ1v) is 25.5. The van der Waals surface area contributed by atoms with Crippen LogP contribution in [0.5, 0.6) is 0 Å². The molecule has 23 atom stereocenters. The van der Waals surface area contributed by atoms with Crippen LogP contribution in [0.3, 0.4) is 0 Å². The summed E-state index contributed by atoms with van der Waals surface area (Å²) in [5.41, 5.74) is -0.296. The number of ether oxygens (including phenoxy) is 10. The van der Waals surface area contributed by atoms with Gasteiger partial charge in [0.15, 0.2) is 18.9 Å². The molecule has 15 nitrogen and oxygen atoms in total. The van der Waals surface area contributed by atoms with Crippen molar-refractivity contribution in [1.29, 1.82) is 0 Å². The van der Waals surface area contributed by atoms with Crippen molar-refractivity contribution in [2.45, 2.75) is 243 Å². The van der Waals surface area contributed by atoms with Gasteiger partial charge in [-0.2, -0.15) is 0 Å². The third-order valence-corrected chi connectivity index (χ3v) is 18.4. The average Bonchev–Trinajstić information content (AvgIpc) is 3.76. The molecule has 0 aromatic heterocycles. The van der Waals surface area contributed by atoms with Crippen LogP contribution in [0.15, 0.2) is 23.3 Å². The van der Waals surface area contributed by atoms with Crippen LogP contribution in [0.1, 0.15) is 139 Å². The Bertz CT molecular complexity index is 1810. The predicted octanol–water partition coefficient (Wildman–Crippen LogP) is 6.25. The summed E-state index contributed by atoms with van der Waals surface area (Å²) < 4.78 is 63.0. The molecule has 0 amide bonds. The lowest BCUT2D eigenvalue weighted by Crippen LogP contribution is -2.66. The molecule has 3 aliphatic heterocycles. The van der Waals surface area contributed by atoms with Gasteiger partial charge in [0.2, 0.25) is 0 Å². The Hall–Kier alpha value is -1.86. The summed E-state index contributed by atoms with van der Waals surface area (Å²) in [6, 6.07) is 0. The lowest BCUT2D eigenvalue weighted by atomic mass is 9.45. The Morgan fingerprint density at radius 1 is 0.731 bits per heavy atom. The molecule has 3 saturated heterocycles. The minimum Gasteiger partial charge on any atom is -0.458 e. The first-order valence-electron chi connectivity index (χ1n) is 25.5. The van der Waals surface area contributed by atoms with Crippen molar-refractivity contribution in [2.24, 2.45) is 34.5 Å². The molecule has 5 aliphatic carbocycles. The number of rotatable bonds is 13. The summed E-state index contributed by atoms with van der Waals surface area (Å²) >= 11 is 0. The molecule has 0 aromatic carbocycles. The van der Waals surface area contributed by atoms with Crippen LogP contribution in [0.2, 0.25) is 0 Å².